The van der Waals surface area contributed by atoms with Crippen molar-refractivity contribution in [1.82, 2.24) is 4.90 Å². The van der Waals surface area contributed by atoms with Crippen LogP contribution in [0.15, 0.2) is 0 Å². The van der Waals surface area contributed by atoms with Crippen LogP contribution >= 0.6 is 0 Å². The van der Waals surface area contributed by atoms with Crippen molar-refractivity contribution in [1.29, 1.82) is 0 Å². The van der Waals surface area contributed by atoms with Gasteiger partial charge in [0.25, 0.3) is 0 Å². The highest BCUT2D eigenvalue weighted by atomic mass is 16.5. The normalized spacial score (nSPS) is 24.7. The summed E-state index contributed by atoms with van der Waals surface area (Å²) in [6.07, 6.45) is 2.50. The lowest BCUT2D eigenvalue weighted by Crippen LogP contribution is -2.49. The van der Waals surface area contributed by atoms with E-state index in [2.05, 4.69) is 0 Å². The number of piperidine rings is 1. The first-order valence-electron chi connectivity index (χ1n) is 6.22. The minimum Gasteiger partial charge on any atom is -0.372 e. The fourth-order valence-corrected chi connectivity index (χ4v) is 2.07. The fraction of sp³-hybridized carbons (Fsp3) is 0.833. The average molecular weight is 242 g/mol. The molecule has 0 spiro atoms. The monoisotopic (exact) mass is 242 g/mol. The molecule has 2 atom stereocenters. The number of likely N-dealkylation sites (tertiary alicyclic amines) is 1. The first kappa shape index (κ1) is 14.0. The molecule has 2 amide bonds. The van der Waals surface area contributed by atoms with Crippen LogP contribution in [-0.4, -0.2) is 42.5 Å². The number of amides is 2. The molecule has 1 aliphatic heterocycles. The average Bonchev–Trinajstić information content (AvgIpc) is 2.29. The molecule has 0 aromatic carbocycles. The van der Waals surface area contributed by atoms with E-state index in [4.69, 9.17) is 10.5 Å². The topological polar surface area (TPSA) is 72.6 Å². The molecule has 0 aliphatic carbocycles. The van der Waals surface area contributed by atoms with Gasteiger partial charge in [-0.15, -0.1) is 0 Å². The summed E-state index contributed by atoms with van der Waals surface area (Å²) < 4.78 is 5.23. The molecule has 0 aromatic heterocycles. The Morgan fingerprint density at radius 3 is 2.71 bits per heavy atom. The molecule has 0 radical (unpaired) electrons. The number of rotatable bonds is 5. The molecule has 5 heteroatoms. The van der Waals surface area contributed by atoms with E-state index in [9.17, 15) is 9.59 Å². The van der Waals surface area contributed by atoms with E-state index in [0.717, 1.165) is 19.3 Å². The Labute approximate surface area is 102 Å². The highest BCUT2D eigenvalue weighted by molar-refractivity contribution is 5.81. The van der Waals surface area contributed by atoms with E-state index in [0.29, 0.717) is 13.2 Å². The van der Waals surface area contributed by atoms with Crippen LogP contribution in [0.3, 0.4) is 0 Å². The van der Waals surface area contributed by atoms with Crippen LogP contribution in [0.4, 0.5) is 0 Å². The molecule has 0 bridgehead atoms. The third kappa shape index (κ3) is 4.00. The van der Waals surface area contributed by atoms with Crippen LogP contribution in [0, 0.1) is 5.92 Å². The van der Waals surface area contributed by atoms with Crippen LogP contribution in [0.5, 0.6) is 0 Å². The van der Waals surface area contributed by atoms with Crippen molar-refractivity contribution in [3.63, 3.8) is 0 Å². The Balaban J connectivity index is 2.48. The molecule has 1 heterocycles. The molecule has 17 heavy (non-hydrogen) atoms. The molecule has 1 fully saturated rings. The van der Waals surface area contributed by atoms with Crippen LogP contribution in [0.1, 0.15) is 33.1 Å². The number of carbonyl (C=O) groups excluding carboxylic acids is 2. The van der Waals surface area contributed by atoms with Gasteiger partial charge in [-0.1, -0.05) is 6.92 Å². The van der Waals surface area contributed by atoms with Crippen molar-refractivity contribution >= 4 is 11.8 Å². The van der Waals surface area contributed by atoms with Gasteiger partial charge in [0.2, 0.25) is 11.8 Å². The van der Waals surface area contributed by atoms with Crippen LogP contribution in [-0.2, 0) is 14.3 Å². The van der Waals surface area contributed by atoms with Gasteiger partial charge in [-0.3, -0.25) is 9.59 Å². The maximum absolute atomic E-state index is 11.9. The summed E-state index contributed by atoms with van der Waals surface area (Å²) in [7, 11) is 0. The van der Waals surface area contributed by atoms with E-state index >= 15 is 0 Å². The SMILES string of the molecule is CCCOCC(=O)N1CC(C(N)=O)CCC1C. The molecule has 0 aromatic rings. The summed E-state index contributed by atoms with van der Waals surface area (Å²) >= 11 is 0. The summed E-state index contributed by atoms with van der Waals surface area (Å²) in [5.41, 5.74) is 5.29. The molecule has 1 saturated heterocycles. The van der Waals surface area contributed by atoms with Crippen molar-refractivity contribution in [3.8, 4) is 0 Å². The highest BCUT2D eigenvalue weighted by Crippen LogP contribution is 2.21. The van der Waals surface area contributed by atoms with Gasteiger partial charge in [-0.05, 0) is 26.2 Å². The maximum Gasteiger partial charge on any atom is 0.248 e. The van der Waals surface area contributed by atoms with E-state index in [-0.39, 0.29) is 30.4 Å². The number of ether oxygens (including phenoxy) is 1. The summed E-state index contributed by atoms with van der Waals surface area (Å²) in [6.45, 7) is 5.12. The largest absolute Gasteiger partial charge is 0.372 e. The van der Waals surface area contributed by atoms with E-state index < -0.39 is 0 Å². The molecule has 2 N–H and O–H groups in total. The molecular weight excluding hydrogens is 220 g/mol. The molecular formula is C12H22N2O3. The van der Waals surface area contributed by atoms with E-state index in [1.165, 1.54) is 0 Å². The van der Waals surface area contributed by atoms with Crippen molar-refractivity contribution in [2.45, 2.75) is 39.2 Å². The van der Waals surface area contributed by atoms with Crippen LogP contribution in [0.25, 0.3) is 0 Å². The number of hydrogen-bond donors (Lipinski definition) is 1. The molecule has 0 saturated carbocycles. The Hall–Kier alpha value is -1.10. The minimum absolute atomic E-state index is 0.0445. The molecule has 1 aliphatic rings. The van der Waals surface area contributed by atoms with Gasteiger partial charge in [0.15, 0.2) is 0 Å². The lowest BCUT2D eigenvalue weighted by molar-refractivity contribution is -0.142. The summed E-state index contributed by atoms with van der Waals surface area (Å²) in [6, 6.07) is 0.170. The quantitative estimate of drug-likeness (QED) is 0.715. The van der Waals surface area contributed by atoms with Gasteiger partial charge < -0.3 is 15.4 Å². The first-order valence-corrected chi connectivity index (χ1v) is 6.22. The Morgan fingerprint density at radius 1 is 1.41 bits per heavy atom. The van der Waals surface area contributed by atoms with E-state index in [1.54, 1.807) is 4.90 Å². The predicted molar refractivity (Wildman–Crippen MR) is 64.2 cm³/mol. The minimum atomic E-state index is -0.316. The number of nitrogens with two attached hydrogens (primary N) is 1. The van der Waals surface area contributed by atoms with Crippen molar-refractivity contribution in [3.05, 3.63) is 0 Å². The van der Waals surface area contributed by atoms with Crippen LogP contribution < -0.4 is 5.73 Å². The molecule has 5 nitrogen and oxygen atoms in total. The van der Waals surface area contributed by atoms with Crippen molar-refractivity contribution in [2.24, 2.45) is 11.7 Å². The van der Waals surface area contributed by atoms with Crippen molar-refractivity contribution < 1.29 is 14.3 Å². The fourth-order valence-electron chi connectivity index (χ4n) is 2.07. The van der Waals surface area contributed by atoms with Gasteiger partial charge >= 0.3 is 0 Å². The second-order valence-corrected chi connectivity index (χ2v) is 4.62. The van der Waals surface area contributed by atoms with Gasteiger partial charge in [0.1, 0.15) is 6.61 Å². The number of carbonyl (C=O) groups is 2. The van der Waals surface area contributed by atoms with Gasteiger partial charge in [-0.25, -0.2) is 0 Å². The zero-order valence-electron chi connectivity index (χ0n) is 10.6. The molecule has 1 rings (SSSR count). The summed E-state index contributed by atoms with van der Waals surface area (Å²) in [5, 5.41) is 0. The molecule has 98 valence electrons. The Bertz CT molecular complexity index is 281. The smallest absolute Gasteiger partial charge is 0.248 e. The zero-order chi connectivity index (χ0) is 12.8. The predicted octanol–water partition coefficient (Wildman–Crippen LogP) is 0.525. The number of primary amides is 1. The highest BCUT2D eigenvalue weighted by Gasteiger charge is 2.31. The maximum atomic E-state index is 11.9. The van der Waals surface area contributed by atoms with Gasteiger partial charge in [0.05, 0.1) is 5.92 Å². The summed E-state index contributed by atoms with van der Waals surface area (Å²) in [5.74, 6) is -0.567. The van der Waals surface area contributed by atoms with E-state index in [1.807, 2.05) is 13.8 Å². The Morgan fingerprint density at radius 2 is 2.12 bits per heavy atom. The third-order valence-electron chi connectivity index (χ3n) is 3.18. The molecule has 2 unspecified atom stereocenters. The van der Waals surface area contributed by atoms with Gasteiger partial charge in [-0.2, -0.15) is 0 Å². The zero-order valence-corrected chi connectivity index (χ0v) is 10.6. The second-order valence-electron chi connectivity index (χ2n) is 4.62. The van der Waals surface area contributed by atoms with Gasteiger partial charge in [0, 0.05) is 19.2 Å². The second kappa shape index (κ2) is 6.59. The first-order chi connectivity index (χ1) is 8.06. The number of nitrogens with zero attached hydrogens (tertiary/aromatic N) is 1. The van der Waals surface area contributed by atoms with Crippen LogP contribution in [0.2, 0.25) is 0 Å². The lowest BCUT2D eigenvalue weighted by atomic mass is 9.93. The lowest BCUT2D eigenvalue weighted by Gasteiger charge is -2.36. The standard InChI is InChI=1S/C12H22N2O3/c1-3-6-17-8-11(15)14-7-10(12(13)16)5-4-9(14)2/h9-10H,3-8H2,1-2H3,(H2,13,16). The number of hydrogen-bond acceptors (Lipinski definition) is 3. The summed E-state index contributed by atoms with van der Waals surface area (Å²) in [4.78, 5) is 24.8. The third-order valence-corrected chi connectivity index (χ3v) is 3.18. The Kier molecular flexibility index (Phi) is 5.41. The van der Waals surface area contributed by atoms with Crippen molar-refractivity contribution in [2.75, 3.05) is 19.8 Å².